The molecule has 3 fully saturated rings. The van der Waals surface area contributed by atoms with Crippen LogP contribution in [-0.4, -0.2) is 177 Å². The van der Waals surface area contributed by atoms with Gasteiger partial charge in [-0.25, -0.2) is 0 Å². The fourth-order valence-corrected chi connectivity index (χ4v) is 4.39. The van der Waals surface area contributed by atoms with Gasteiger partial charge in [0.2, 0.25) is 0 Å². The van der Waals surface area contributed by atoms with Gasteiger partial charge in [-0.2, -0.15) is 0 Å². The first-order valence-electron chi connectivity index (χ1n) is 10.7. The predicted molar refractivity (Wildman–Crippen MR) is 102 cm³/mol. The Morgan fingerprint density at radius 3 is 1.51 bits per heavy atom. The number of ether oxygens (including phenoxy) is 4. The van der Waals surface area contributed by atoms with Crippen LogP contribution in [-0.2, 0) is 18.9 Å². The summed E-state index contributed by atoms with van der Waals surface area (Å²) in [4.78, 5) is 0. The zero-order valence-electron chi connectivity index (χ0n) is 18.1. The predicted octanol–water partition coefficient (Wildman–Crippen LogP) is -8.86. The fraction of sp³-hybridized carbons (Fsp3) is 1.00. The molecular formula is C18H32O17. The van der Waals surface area contributed by atoms with Crippen LogP contribution in [0.25, 0.3) is 0 Å². The Morgan fingerprint density at radius 2 is 1.00 bits per heavy atom. The van der Waals surface area contributed by atoms with E-state index in [1.54, 1.807) is 0 Å². The molecule has 0 aliphatic carbocycles. The number of hydrogen-bond donors (Lipinski definition) is 13. The summed E-state index contributed by atoms with van der Waals surface area (Å²) >= 11 is 0. The molecule has 0 spiro atoms. The quantitative estimate of drug-likeness (QED) is 0.155. The number of hydrogen-bond acceptors (Lipinski definition) is 17. The molecule has 0 aromatic carbocycles. The Morgan fingerprint density at radius 1 is 0.543 bits per heavy atom. The van der Waals surface area contributed by atoms with Crippen molar-refractivity contribution in [1.82, 2.24) is 0 Å². The maximum atomic E-state index is 11.0. The Kier molecular flexibility index (Phi) is 8.74. The van der Waals surface area contributed by atoms with Crippen molar-refractivity contribution in [2.24, 2.45) is 0 Å². The minimum absolute atomic E-state index is 0.817. The topological polar surface area (TPSA) is 300 Å². The zero-order valence-corrected chi connectivity index (χ0v) is 18.1. The molecule has 0 aromatic heterocycles. The van der Waals surface area contributed by atoms with E-state index in [1.165, 1.54) is 0 Å². The molecule has 35 heavy (non-hydrogen) atoms. The van der Waals surface area contributed by atoms with Crippen LogP contribution in [0, 0.1) is 0 Å². The van der Waals surface area contributed by atoms with Gasteiger partial charge in [0.25, 0.3) is 11.6 Å². The molecule has 3 aliphatic heterocycles. The van der Waals surface area contributed by atoms with E-state index in [-0.39, 0.29) is 0 Å². The molecule has 0 bridgehead atoms. The second-order valence-electron chi connectivity index (χ2n) is 8.73. The second-order valence-corrected chi connectivity index (χ2v) is 8.73. The van der Waals surface area contributed by atoms with Gasteiger partial charge in [-0.15, -0.1) is 0 Å². The van der Waals surface area contributed by atoms with Gasteiger partial charge < -0.3 is 85.3 Å². The average molecular weight is 520 g/mol. The molecule has 3 saturated heterocycles. The molecule has 17 heteroatoms. The highest BCUT2D eigenvalue weighted by Gasteiger charge is 2.71. The molecular weight excluding hydrogens is 488 g/mol. The molecule has 3 aliphatic rings. The van der Waals surface area contributed by atoms with Gasteiger partial charge in [-0.05, 0) is 0 Å². The third-order valence-electron chi connectivity index (χ3n) is 6.56. The van der Waals surface area contributed by atoms with Crippen LogP contribution in [0.5, 0.6) is 0 Å². The van der Waals surface area contributed by atoms with E-state index in [1.807, 2.05) is 0 Å². The Hall–Kier alpha value is -0.680. The highest BCUT2D eigenvalue weighted by Crippen LogP contribution is 2.44. The highest BCUT2D eigenvalue weighted by atomic mass is 16.8. The van der Waals surface area contributed by atoms with Gasteiger partial charge >= 0.3 is 0 Å². The minimum atomic E-state index is -3.51. The van der Waals surface area contributed by atoms with Gasteiger partial charge in [-0.1, -0.05) is 0 Å². The smallest absolute Gasteiger partial charge is 0.254 e. The lowest BCUT2D eigenvalue weighted by Gasteiger charge is -2.57. The summed E-state index contributed by atoms with van der Waals surface area (Å²) in [5, 5.41) is 132. The van der Waals surface area contributed by atoms with Crippen LogP contribution >= 0.6 is 0 Å². The summed E-state index contributed by atoms with van der Waals surface area (Å²) in [5.41, 5.74) is 0. The van der Waals surface area contributed by atoms with Crippen LogP contribution in [0.3, 0.4) is 0 Å². The van der Waals surface area contributed by atoms with E-state index < -0.39 is 111 Å². The lowest BCUT2D eigenvalue weighted by molar-refractivity contribution is -0.494. The van der Waals surface area contributed by atoms with Crippen molar-refractivity contribution in [3.05, 3.63) is 0 Å². The summed E-state index contributed by atoms with van der Waals surface area (Å²) in [7, 11) is 0. The van der Waals surface area contributed by atoms with Crippen molar-refractivity contribution < 1.29 is 85.3 Å². The van der Waals surface area contributed by atoms with E-state index in [0.717, 1.165) is 0 Å². The maximum absolute atomic E-state index is 11.0. The summed E-state index contributed by atoms with van der Waals surface area (Å²) in [6.45, 7) is -2.95. The Bertz CT molecular complexity index is 707. The third-order valence-corrected chi connectivity index (χ3v) is 6.56. The van der Waals surface area contributed by atoms with E-state index in [2.05, 4.69) is 0 Å². The molecule has 0 aromatic rings. The van der Waals surface area contributed by atoms with Crippen LogP contribution in [0.2, 0.25) is 0 Å². The summed E-state index contributed by atoms with van der Waals surface area (Å²) in [5.74, 6) is -7.00. The van der Waals surface area contributed by atoms with Crippen LogP contribution in [0.4, 0.5) is 0 Å². The second kappa shape index (κ2) is 10.6. The van der Waals surface area contributed by atoms with Gasteiger partial charge in [0.15, 0.2) is 6.29 Å². The summed E-state index contributed by atoms with van der Waals surface area (Å²) < 4.78 is 20.6. The van der Waals surface area contributed by atoms with Crippen molar-refractivity contribution in [1.29, 1.82) is 0 Å². The molecule has 0 amide bonds. The molecule has 17 nitrogen and oxygen atoms in total. The molecule has 3 heterocycles. The normalized spacial score (nSPS) is 55.6. The molecule has 3 rings (SSSR count). The van der Waals surface area contributed by atoms with Crippen molar-refractivity contribution in [3.63, 3.8) is 0 Å². The number of aliphatic hydroxyl groups excluding tert-OH is 11. The van der Waals surface area contributed by atoms with Crippen molar-refractivity contribution in [2.45, 2.75) is 91.1 Å². The molecule has 206 valence electrons. The van der Waals surface area contributed by atoms with Crippen LogP contribution in [0.15, 0.2) is 0 Å². The van der Waals surface area contributed by atoms with Crippen molar-refractivity contribution in [2.75, 3.05) is 19.8 Å². The molecule has 0 saturated carbocycles. The molecule has 6 unspecified atom stereocenters. The van der Waals surface area contributed by atoms with Crippen LogP contribution < -0.4 is 0 Å². The minimum Gasteiger partial charge on any atom is -0.394 e. The Balaban J connectivity index is 1.88. The first kappa shape index (κ1) is 28.9. The number of rotatable bonds is 6. The van der Waals surface area contributed by atoms with Gasteiger partial charge in [0.1, 0.15) is 73.2 Å². The SMILES string of the molecule is OC[C@H]1OC(O[C@H]2[C@H](O)[C@H](O)C(O)(C3(O)O[C@H](CO)[C@@H](O)[C@H](O)[C@H]3O)O[C@@H]2CO)C(O)C(O)C1O. The standard InChI is InChI=1S/C18H32O17/c19-1-4-7(22)9(24)11(26)16(32-4)33-13-6(3-21)35-18(31,15(29)12(13)27)17(30)14(28)10(25)8(23)5(2-20)34-17/h4-16,19-31H,1-3H2/t4-,5-,6-,7?,8-,9?,10+,11?,12+,13-,14-,15+,16?,17?,18?/m1/s1. The highest BCUT2D eigenvalue weighted by molar-refractivity contribution is 5.10. The first-order valence-corrected chi connectivity index (χ1v) is 10.7. The van der Waals surface area contributed by atoms with Gasteiger partial charge in [-0.3, -0.25) is 0 Å². The lowest BCUT2D eigenvalue weighted by atomic mass is 9.80. The van der Waals surface area contributed by atoms with Crippen molar-refractivity contribution >= 4 is 0 Å². The number of aliphatic hydroxyl groups is 13. The van der Waals surface area contributed by atoms with Gasteiger partial charge in [0, 0.05) is 0 Å². The van der Waals surface area contributed by atoms with E-state index in [0.29, 0.717) is 0 Å². The van der Waals surface area contributed by atoms with Gasteiger partial charge in [0.05, 0.1) is 19.8 Å². The Labute approximate surface area is 197 Å². The molecule has 13 N–H and O–H groups in total. The average Bonchev–Trinajstić information content (AvgIpc) is 2.84. The summed E-state index contributed by atoms with van der Waals surface area (Å²) in [6, 6.07) is 0. The van der Waals surface area contributed by atoms with Crippen LogP contribution in [0.1, 0.15) is 0 Å². The monoisotopic (exact) mass is 520 g/mol. The van der Waals surface area contributed by atoms with E-state index in [9.17, 15) is 66.4 Å². The molecule has 0 radical (unpaired) electrons. The van der Waals surface area contributed by atoms with E-state index >= 15 is 0 Å². The third kappa shape index (κ3) is 4.60. The maximum Gasteiger partial charge on any atom is 0.254 e. The lowest BCUT2D eigenvalue weighted by Crippen LogP contribution is -2.81. The van der Waals surface area contributed by atoms with E-state index in [4.69, 9.17) is 18.9 Å². The van der Waals surface area contributed by atoms with Crippen molar-refractivity contribution in [3.8, 4) is 0 Å². The summed E-state index contributed by atoms with van der Waals surface area (Å²) in [6.07, 6.45) is -26.1. The zero-order chi connectivity index (χ0) is 26.5. The largest absolute Gasteiger partial charge is 0.394 e. The first-order chi connectivity index (χ1) is 16.3. The fourth-order valence-electron chi connectivity index (χ4n) is 4.39. The molecule has 15 atom stereocenters.